The van der Waals surface area contributed by atoms with Crippen LogP contribution >= 0.6 is 0 Å². The number of phenolic OH excluding ortho intramolecular Hbond substituents is 1. The predicted octanol–water partition coefficient (Wildman–Crippen LogP) is 3.68. The van der Waals surface area contributed by atoms with E-state index in [0.29, 0.717) is 24.3 Å². The molecule has 2 atom stereocenters. The van der Waals surface area contributed by atoms with Gasteiger partial charge in [0.05, 0.1) is 18.7 Å². The Morgan fingerprint density at radius 2 is 2.13 bits per heavy atom. The average Bonchev–Trinajstić information content (AvgIpc) is 2.69. The fourth-order valence-electron chi connectivity index (χ4n) is 3.99. The van der Waals surface area contributed by atoms with Gasteiger partial charge in [-0.3, -0.25) is 9.69 Å². The van der Waals surface area contributed by atoms with Crippen molar-refractivity contribution in [3.05, 3.63) is 35.4 Å². The number of ether oxygens (including phenoxy) is 1. The number of hydrogen-bond acceptors (Lipinski definition) is 7. The van der Waals surface area contributed by atoms with Crippen LogP contribution in [0.15, 0.2) is 24.3 Å². The van der Waals surface area contributed by atoms with Crippen LogP contribution in [0.4, 0.5) is 5.82 Å². The zero-order chi connectivity index (χ0) is 21.7. The first-order chi connectivity index (χ1) is 14.4. The summed E-state index contributed by atoms with van der Waals surface area (Å²) in [5, 5.41) is 22.5. The minimum absolute atomic E-state index is 0.142. The highest BCUT2D eigenvalue weighted by atomic mass is 16.5. The molecule has 7 heteroatoms. The lowest BCUT2D eigenvalue weighted by Gasteiger charge is -2.37. The molecule has 7 nitrogen and oxygen atoms in total. The summed E-state index contributed by atoms with van der Waals surface area (Å²) in [4.78, 5) is 14.1. The lowest BCUT2D eigenvalue weighted by molar-refractivity contribution is -0.144. The summed E-state index contributed by atoms with van der Waals surface area (Å²) in [5.41, 5.74) is 3.33. The second-order valence-electron chi connectivity index (χ2n) is 8.12. The molecular formula is C23H32N4O3. The number of carbonyl (C=O) groups is 1. The first kappa shape index (κ1) is 22.0. The number of aromatic hydroxyl groups is 1. The number of benzene rings is 1. The first-order valence-electron chi connectivity index (χ1n) is 10.7. The molecule has 162 valence electrons. The van der Waals surface area contributed by atoms with Crippen LogP contribution < -0.4 is 5.32 Å². The molecule has 30 heavy (non-hydrogen) atoms. The third-order valence-corrected chi connectivity index (χ3v) is 5.59. The van der Waals surface area contributed by atoms with Crippen LogP contribution in [0.1, 0.15) is 44.2 Å². The smallest absolute Gasteiger partial charge is 0.307 e. The zero-order valence-electron chi connectivity index (χ0n) is 18.3. The number of rotatable bonds is 7. The number of anilines is 1. The molecule has 2 heterocycles. The van der Waals surface area contributed by atoms with Crippen LogP contribution in [0.2, 0.25) is 0 Å². The second-order valence-corrected chi connectivity index (χ2v) is 8.12. The van der Waals surface area contributed by atoms with Gasteiger partial charge in [0, 0.05) is 24.2 Å². The van der Waals surface area contributed by atoms with Gasteiger partial charge < -0.3 is 15.2 Å². The molecule has 1 fully saturated rings. The summed E-state index contributed by atoms with van der Waals surface area (Å²) >= 11 is 0. The maximum absolute atomic E-state index is 11.8. The van der Waals surface area contributed by atoms with Gasteiger partial charge in [0.2, 0.25) is 0 Å². The van der Waals surface area contributed by atoms with Crippen molar-refractivity contribution in [2.24, 2.45) is 0 Å². The minimum Gasteiger partial charge on any atom is -0.507 e. The van der Waals surface area contributed by atoms with Crippen LogP contribution in [-0.4, -0.2) is 58.0 Å². The summed E-state index contributed by atoms with van der Waals surface area (Å²) in [7, 11) is 0. The lowest BCUT2D eigenvalue weighted by Crippen LogP contribution is -2.47. The summed E-state index contributed by atoms with van der Waals surface area (Å²) in [5.74, 6) is 0.802. The lowest BCUT2D eigenvalue weighted by atomic mass is 10.0. The van der Waals surface area contributed by atoms with E-state index in [-0.39, 0.29) is 23.8 Å². The number of aryl methyl sites for hydroxylation is 2. The molecule has 0 spiro atoms. The van der Waals surface area contributed by atoms with Crippen LogP contribution in [0, 0.1) is 13.8 Å². The normalized spacial score (nSPS) is 18.1. The van der Waals surface area contributed by atoms with Gasteiger partial charge in [-0.2, -0.15) is 0 Å². The molecule has 0 aliphatic carbocycles. The number of nitrogens with zero attached hydrogens (tertiary/aromatic N) is 3. The molecule has 1 aromatic carbocycles. The number of hydrogen-bond donors (Lipinski definition) is 2. The fourth-order valence-corrected chi connectivity index (χ4v) is 3.99. The molecule has 2 aromatic rings. The number of likely N-dealkylation sites (tertiary alicyclic amines) is 1. The standard InChI is InChI=1S/C23H32N4O3/c1-5-30-22(29)13-17(4)27-10-6-7-18(14-27)24-21-12-16(3)23(26-25-21)19-9-8-15(2)11-20(19)28/h8-9,11-12,17-18,28H,5-7,10,13-14H2,1-4H3,(H,24,25)/t17?,18-/m1/s1. The molecule has 0 radical (unpaired) electrons. The van der Waals surface area contributed by atoms with E-state index in [0.717, 1.165) is 42.9 Å². The van der Waals surface area contributed by atoms with Gasteiger partial charge in [-0.15, -0.1) is 10.2 Å². The molecule has 1 unspecified atom stereocenters. The number of aromatic nitrogens is 2. The topological polar surface area (TPSA) is 87.6 Å². The Hall–Kier alpha value is -2.67. The van der Waals surface area contributed by atoms with Crippen molar-refractivity contribution >= 4 is 11.8 Å². The highest BCUT2D eigenvalue weighted by Crippen LogP contribution is 2.31. The Morgan fingerprint density at radius 1 is 1.33 bits per heavy atom. The Morgan fingerprint density at radius 3 is 2.83 bits per heavy atom. The highest BCUT2D eigenvalue weighted by Gasteiger charge is 2.25. The molecule has 2 N–H and O–H groups in total. The first-order valence-corrected chi connectivity index (χ1v) is 10.7. The van der Waals surface area contributed by atoms with Crippen LogP contribution in [-0.2, 0) is 9.53 Å². The summed E-state index contributed by atoms with van der Waals surface area (Å²) in [6.07, 6.45) is 2.52. The SMILES string of the molecule is CCOC(=O)CC(C)N1CCC[C@@H](Nc2cc(C)c(-c3ccc(C)cc3O)nn2)C1. The maximum Gasteiger partial charge on any atom is 0.307 e. The molecule has 3 rings (SSSR count). The molecule has 1 aromatic heterocycles. The Kier molecular flexibility index (Phi) is 7.26. The molecule has 0 bridgehead atoms. The van der Waals surface area contributed by atoms with Gasteiger partial charge in [0.25, 0.3) is 0 Å². The summed E-state index contributed by atoms with van der Waals surface area (Å²) < 4.78 is 5.08. The zero-order valence-corrected chi connectivity index (χ0v) is 18.3. The quantitative estimate of drug-likeness (QED) is 0.671. The number of esters is 1. The van der Waals surface area contributed by atoms with Gasteiger partial charge in [-0.1, -0.05) is 6.07 Å². The molecule has 1 saturated heterocycles. The van der Waals surface area contributed by atoms with Crippen molar-refractivity contribution in [3.8, 4) is 17.0 Å². The Balaban J connectivity index is 1.64. The second kappa shape index (κ2) is 9.89. The van der Waals surface area contributed by atoms with E-state index in [2.05, 4.69) is 27.3 Å². The van der Waals surface area contributed by atoms with E-state index in [4.69, 9.17) is 4.74 Å². The monoisotopic (exact) mass is 412 g/mol. The number of piperidine rings is 1. The van der Waals surface area contributed by atoms with Gasteiger partial charge in [0.15, 0.2) is 0 Å². The summed E-state index contributed by atoms with van der Waals surface area (Å²) in [6, 6.07) is 7.93. The molecule has 1 aliphatic heterocycles. The van der Waals surface area contributed by atoms with Crippen molar-refractivity contribution < 1.29 is 14.6 Å². The van der Waals surface area contributed by atoms with E-state index < -0.39 is 0 Å². The molecule has 0 amide bonds. The fraction of sp³-hybridized carbons (Fsp3) is 0.522. The van der Waals surface area contributed by atoms with Crippen molar-refractivity contribution in [1.29, 1.82) is 0 Å². The molecular weight excluding hydrogens is 380 g/mol. The van der Waals surface area contributed by atoms with Gasteiger partial charge in [-0.25, -0.2) is 0 Å². The van der Waals surface area contributed by atoms with E-state index in [1.807, 2.05) is 39.0 Å². The van der Waals surface area contributed by atoms with E-state index in [1.54, 1.807) is 6.07 Å². The van der Waals surface area contributed by atoms with E-state index in [1.165, 1.54) is 0 Å². The van der Waals surface area contributed by atoms with Crippen molar-refractivity contribution in [2.45, 2.75) is 59.0 Å². The Labute approximate surface area is 178 Å². The van der Waals surface area contributed by atoms with Crippen molar-refractivity contribution in [1.82, 2.24) is 15.1 Å². The van der Waals surface area contributed by atoms with Gasteiger partial charge in [0.1, 0.15) is 11.6 Å². The maximum atomic E-state index is 11.8. The third kappa shape index (κ3) is 5.48. The molecule has 1 aliphatic rings. The third-order valence-electron chi connectivity index (χ3n) is 5.59. The highest BCUT2D eigenvalue weighted by molar-refractivity contribution is 5.70. The summed E-state index contributed by atoms with van der Waals surface area (Å²) in [6.45, 7) is 10.1. The van der Waals surface area contributed by atoms with Crippen molar-refractivity contribution in [2.75, 3.05) is 25.0 Å². The average molecular weight is 413 g/mol. The minimum atomic E-state index is -0.142. The van der Waals surface area contributed by atoms with Gasteiger partial charge >= 0.3 is 5.97 Å². The van der Waals surface area contributed by atoms with Crippen LogP contribution in [0.3, 0.4) is 0 Å². The number of phenols is 1. The molecule has 0 saturated carbocycles. The predicted molar refractivity (Wildman–Crippen MR) is 118 cm³/mol. The largest absolute Gasteiger partial charge is 0.507 e. The van der Waals surface area contributed by atoms with Crippen LogP contribution in [0.25, 0.3) is 11.3 Å². The van der Waals surface area contributed by atoms with Crippen LogP contribution in [0.5, 0.6) is 5.75 Å². The Bertz CT molecular complexity index is 887. The number of carbonyl (C=O) groups excluding carboxylic acids is 1. The number of nitrogens with one attached hydrogen (secondary N) is 1. The van der Waals surface area contributed by atoms with Gasteiger partial charge in [-0.05, 0) is 76.4 Å². The van der Waals surface area contributed by atoms with E-state index >= 15 is 0 Å². The van der Waals surface area contributed by atoms with Crippen molar-refractivity contribution in [3.63, 3.8) is 0 Å². The van der Waals surface area contributed by atoms with E-state index in [9.17, 15) is 9.90 Å².